The molecular weight excluding hydrogens is 674 g/mol. The van der Waals surface area contributed by atoms with Gasteiger partial charge in [0.15, 0.2) is 0 Å². The Labute approximate surface area is 324 Å². The molecule has 10 heteroatoms. The first-order chi connectivity index (χ1) is 25.7. The van der Waals surface area contributed by atoms with Gasteiger partial charge in [-0.05, 0) is 19.3 Å². The van der Waals surface area contributed by atoms with Gasteiger partial charge in [-0.25, -0.2) is 0 Å². The van der Waals surface area contributed by atoms with E-state index in [1.807, 2.05) is 0 Å². The number of carbonyl (C=O) groups excluding carboxylic acids is 1. The van der Waals surface area contributed by atoms with Crippen molar-refractivity contribution in [2.45, 2.75) is 230 Å². The zero-order valence-corrected chi connectivity index (χ0v) is 34.3. The van der Waals surface area contributed by atoms with Crippen LogP contribution in [0.2, 0.25) is 0 Å². The van der Waals surface area contributed by atoms with Crippen LogP contribution in [0.25, 0.3) is 0 Å². The highest BCUT2D eigenvalue weighted by molar-refractivity contribution is 5.80. The summed E-state index contributed by atoms with van der Waals surface area (Å²) in [5.74, 6) is -0.539. The Morgan fingerprint density at radius 2 is 1.15 bits per heavy atom. The quantitative estimate of drug-likeness (QED) is 0.0356. The van der Waals surface area contributed by atoms with Gasteiger partial charge >= 0.3 is 0 Å². The van der Waals surface area contributed by atoms with Crippen LogP contribution in [0.3, 0.4) is 0 Å². The molecule has 0 aromatic rings. The predicted molar refractivity (Wildman–Crippen MR) is 214 cm³/mol. The van der Waals surface area contributed by atoms with Crippen LogP contribution in [-0.2, 0) is 14.3 Å². The molecular formula is C43H85NO9. The summed E-state index contributed by atoms with van der Waals surface area (Å²) in [6.45, 7) is 4.07. The summed E-state index contributed by atoms with van der Waals surface area (Å²) < 4.78 is 11.1. The third-order valence-corrected chi connectivity index (χ3v) is 11.1. The van der Waals surface area contributed by atoms with Crippen LogP contribution in [0.1, 0.15) is 194 Å². The van der Waals surface area contributed by atoms with Crippen LogP contribution < -0.4 is 0 Å². The first-order valence-electron chi connectivity index (χ1n) is 22.2. The van der Waals surface area contributed by atoms with Crippen LogP contribution in [-0.4, -0.2) is 117 Å². The summed E-state index contributed by atoms with van der Waals surface area (Å²) >= 11 is 0. The van der Waals surface area contributed by atoms with E-state index in [-0.39, 0.29) is 32.7 Å². The molecule has 0 aromatic carbocycles. The third kappa shape index (κ3) is 24.4. The lowest BCUT2D eigenvalue weighted by molar-refractivity contribution is -0.242. The molecule has 1 rings (SSSR count). The molecule has 0 saturated carbocycles. The maximum atomic E-state index is 13.4. The van der Waals surface area contributed by atoms with Gasteiger partial charge in [-0.15, -0.1) is 0 Å². The average Bonchev–Trinajstić information content (AvgIpc) is 3.15. The number of aliphatic hydroxyl groups excluding tert-OH is 5. The van der Waals surface area contributed by atoms with Gasteiger partial charge in [0.1, 0.15) is 30.0 Å². The summed E-state index contributed by atoms with van der Waals surface area (Å²) in [6, 6.07) is 0. The molecule has 53 heavy (non-hydrogen) atoms. The van der Waals surface area contributed by atoms with Crippen molar-refractivity contribution < 1.29 is 44.9 Å². The van der Waals surface area contributed by atoms with Crippen molar-refractivity contribution in [3.05, 3.63) is 0 Å². The predicted octanol–water partition coefficient (Wildman–Crippen LogP) is 7.36. The number of hydrogen-bond acceptors (Lipinski definition) is 9. The fraction of sp³-hybridized carbons (Fsp3) is 0.977. The number of carbonyl (C=O) groups is 1. The van der Waals surface area contributed by atoms with E-state index < -0.39 is 48.6 Å². The van der Waals surface area contributed by atoms with E-state index in [9.17, 15) is 35.4 Å². The molecule has 6 atom stereocenters. The van der Waals surface area contributed by atoms with Gasteiger partial charge in [-0.1, -0.05) is 174 Å². The standard InChI is InChI=1S/C43H85NO9/c1-3-5-7-9-11-13-15-17-18-20-22-24-26-28-32-52-35-37(46)33-44(31-30-43(51)36-53-39(34-45)40(48)41(43)49)42(50)38(47)29-27-25-23-21-19-16-14-12-10-8-6-4-2/h37-41,45-49,51H,3-36H2,1-2H3/t37?,38?,39-,40-,41+,43-/m1/s1. The van der Waals surface area contributed by atoms with E-state index in [1.54, 1.807) is 0 Å². The second-order valence-corrected chi connectivity index (χ2v) is 16.1. The van der Waals surface area contributed by atoms with E-state index in [1.165, 1.54) is 133 Å². The lowest BCUT2D eigenvalue weighted by atomic mass is 9.85. The van der Waals surface area contributed by atoms with Gasteiger partial charge in [0.25, 0.3) is 5.91 Å². The Morgan fingerprint density at radius 3 is 1.60 bits per heavy atom. The Bertz CT molecular complexity index is 836. The Hall–Kier alpha value is -0.850. The van der Waals surface area contributed by atoms with Gasteiger partial charge in [-0.2, -0.15) is 0 Å². The molecule has 1 aliphatic heterocycles. The lowest BCUT2D eigenvalue weighted by Gasteiger charge is -2.43. The number of aliphatic hydroxyl groups is 6. The molecule has 6 N–H and O–H groups in total. The second-order valence-electron chi connectivity index (χ2n) is 16.1. The second kappa shape index (κ2) is 33.3. The summed E-state index contributed by atoms with van der Waals surface area (Å²) in [7, 11) is 0. The van der Waals surface area contributed by atoms with Crippen LogP contribution in [0.5, 0.6) is 0 Å². The Morgan fingerprint density at radius 1 is 0.717 bits per heavy atom. The summed E-state index contributed by atoms with van der Waals surface area (Å²) in [5, 5.41) is 63.1. The maximum absolute atomic E-state index is 13.4. The summed E-state index contributed by atoms with van der Waals surface area (Å²) in [4.78, 5) is 14.7. The highest BCUT2D eigenvalue weighted by Crippen LogP contribution is 2.28. The van der Waals surface area contributed by atoms with Crippen molar-refractivity contribution in [1.29, 1.82) is 0 Å². The van der Waals surface area contributed by atoms with Gasteiger partial charge in [0, 0.05) is 19.7 Å². The monoisotopic (exact) mass is 760 g/mol. The van der Waals surface area contributed by atoms with E-state index in [2.05, 4.69) is 13.8 Å². The molecule has 1 aliphatic rings. The third-order valence-electron chi connectivity index (χ3n) is 11.1. The highest BCUT2D eigenvalue weighted by Gasteiger charge is 2.48. The van der Waals surface area contributed by atoms with Crippen LogP contribution in [0.15, 0.2) is 0 Å². The van der Waals surface area contributed by atoms with Crippen LogP contribution in [0, 0.1) is 0 Å². The fourth-order valence-corrected chi connectivity index (χ4v) is 7.40. The molecule has 1 heterocycles. The summed E-state index contributed by atoms with van der Waals surface area (Å²) in [5.41, 5.74) is -1.86. The first-order valence-corrected chi connectivity index (χ1v) is 22.2. The molecule has 1 amide bonds. The highest BCUT2D eigenvalue weighted by atomic mass is 16.5. The molecule has 0 radical (unpaired) electrons. The normalized spacial score (nSPS) is 21.5. The zero-order valence-electron chi connectivity index (χ0n) is 34.3. The fourth-order valence-electron chi connectivity index (χ4n) is 7.40. The number of rotatable bonds is 37. The minimum absolute atomic E-state index is 0.0456. The van der Waals surface area contributed by atoms with E-state index in [0.29, 0.717) is 19.4 Å². The van der Waals surface area contributed by atoms with Crippen LogP contribution in [0.4, 0.5) is 0 Å². The molecule has 1 fully saturated rings. The summed E-state index contributed by atoms with van der Waals surface area (Å²) in [6.07, 6.45) is 26.0. The molecule has 1 saturated heterocycles. The first kappa shape index (κ1) is 50.2. The Balaban J connectivity index is 2.41. The van der Waals surface area contributed by atoms with E-state index in [4.69, 9.17) is 9.47 Å². The van der Waals surface area contributed by atoms with Gasteiger partial charge in [0.05, 0.1) is 25.9 Å². The molecule has 10 nitrogen and oxygen atoms in total. The molecule has 0 bridgehead atoms. The van der Waals surface area contributed by atoms with Gasteiger partial charge in [-0.3, -0.25) is 4.79 Å². The molecule has 316 valence electrons. The van der Waals surface area contributed by atoms with Crippen molar-refractivity contribution in [3.8, 4) is 0 Å². The van der Waals surface area contributed by atoms with Crippen molar-refractivity contribution in [2.75, 3.05) is 39.5 Å². The minimum atomic E-state index is -1.86. The van der Waals surface area contributed by atoms with Gasteiger partial charge < -0.3 is 45.0 Å². The molecule has 2 unspecified atom stereocenters. The largest absolute Gasteiger partial charge is 0.394 e. The number of unbranched alkanes of at least 4 members (excludes halogenated alkanes) is 24. The van der Waals surface area contributed by atoms with Crippen molar-refractivity contribution in [1.82, 2.24) is 4.90 Å². The van der Waals surface area contributed by atoms with Crippen molar-refractivity contribution >= 4 is 5.91 Å². The SMILES string of the molecule is CCCCCCCCCCCCCCCCOCC(O)CN(CC[C@@]1(O)CO[C@H](CO)[C@@H](O)[C@@H]1O)C(=O)C(O)CCCCCCCCCCCCCC. The minimum Gasteiger partial charge on any atom is -0.394 e. The smallest absolute Gasteiger partial charge is 0.251 e. The van der Waals surface area contributed by atoms with Gasteiger partial charge in [0.2, 0.25) is 0 Å². The maximum Gasteiger partial charge on any atom is 0.251 e. The number of amides is 1. The topological polar surface area (TPSA) is 160 Å². The average molecular weight is 760 g/mol. The Kier molecular flexibility index (Phi) is 31.5. The van der Waals surface area contributed by atoms with Crippen molar-refractivity contribution in [2.24, 2.45) is 0 Å². The zero-order chi connectivity index (χ0) is 39.0. The lowest BCUT2D eigenvalue weighted by Crippen LogP contribution is -2.63. The number of hydrogen-bond donors (Lipinski definition) is 6. The van der Waals surface area contributed by atoms with Crippen LogP contribution >= 0.6 is 0 Å². The molecule has 0 aliphatic carbocycles. The molecule has 0 aromatic heterocycles. The van der Waals surface area contributed by atoms with E-state index in [0.717, 1.165) is 32.1 Å². The molecule has 0 spiro atoms. The van der Waals surface area contributed by atoms with E-state index >= 15 is 0 Å². The number of nitrogens with zero attached hydrogens (tertiary/aromatic N) is 1. The number of ether oxygens (including phenoxy) is 2. The van der Waals surface area contributed by atoms with Crippen molar-refractivity contribution in [3.63, 3.8) is 0 Å².